The normalized spacial score (nSPS) is 10.2. The van der Waals surface area contributed by atoms with Crippen LogP contribution in [0.2, 0.25) is 0 Å². The van der Waals surface area contributed by atoms with E-state index in [4.69, 9.17) is 74.3 Å². The number of aliphatic hydroxyl groups is 2. The Morgan fingerprint density at radius 2 is 0.800 bits per heavy atom. The van der Waals surface area contributed by atoms with Crippen molar-refractivity contribution < 1.29 is 73.7 Å². The lowest BCUT2D eigenvalue weighted by atomic mass is 10.1. The van der Waals surface area contributed by atoms with Crippen LogP contribution in [0.1, 0.15) is 25.0 Å². The summed E-state index contributed by atoms with van der Waals surface area (Å²) >= 11 is 0. The van der Waals surface area contributed by atoms with E-state index in [2.05, 4.69) is 35.8 Å². The van der Waals surface area contributed by atoms with Crippen molar-refractivity contribution in [3.63, 3.8) is 0 Å². The Kier molecular flexibility index (Phi) is 29.0. The van der Waals surface area contributed by atoms with E-state index in [1.54, 1.807) is 0 Å². The molecule has 2 aromatic rings. The lowest BCUT2D eigenvalue weighted by Gasteiger charge is -2.22. The molecule has 16 N–H and O–H groups in total. The van der Waals surface area contributed by atoms with Crippen LogP contribution in [0.25, 0.3) is 0 Å². The average Bonchev–Trinajstić information content (AvgIpc) is 2.82. The van der Waals surface area contributed by atoms with Crippen LogP contribution < -0.4 is 21.3 Å². The van der Waals surface area contributed by atoms with Gasteiger partial charge in [0.05, 0.1) is 13.2 Å². The number of aryl methyl sites for hydroxylation is 2. The van der Waals surface area contributed by atoms with Crippen LogP contribution in [0, 0.1) is 13.8 Å². The molecular weight excluding hydrogens is 672 g/mol. The average molecular weight is 719 g/mol. The highest BCUT2D eigenvalue weighted by Gasteiger charge is 2.05. The van der Waals surface area contributed by atoms with Crippen LogP contribution >= 0.6 is 0 Å². The third kappa shape index (κ3) is 37.2. The summed E-state index contributed by atoms with van der Waals surface area (Å²) < 4.78 is 94.8. The number of anilines is 4. The van der Waals surface area contributed by atoms with Gasteiger partial charge in [-0.25, -0.2) is 0 Å². The molecule has 0 unspecified atom stereocenters. The maximum atomic E-state index is 8.89. The summed E-state index contributed by atoms with van der Waals surface area (Å²) in [6, 6.07) is 11.9. The molecule has 2 rings (SSSR count). The highest BCUT2D eigenvalue weighted by atomic mass is 32.3. The maximum Gasteiger partial charge on any atom is 0.394 e. The standard InChI is InChI=1S/2C11H18N2O.3H2O4S.2H2O/c2*1-3-13(6-7-14)10-4-5-11(12)9(2)8-10;3*1-5(2,3)4;;/h2*4-5,8,14H,3,6-7,12H2,1-2H3;3*(H2,1,2,3,4);2*1H2. The van der Waals surface area contributed by atoms with Crippen LogP contribution in [0.5, 0.6) is 0 Å². The van der Waals surface area contributed by atoms with E-state index in [1.807, 2.05) is 38.1 Å². The molecule has 0 radical (unpaired) electrons. The number of hydrogen-bond donors (Lipinski definition) is 10. The highest BCUT2D eigenvalue weighted by Crippen LogP contribution is 2.21. The first-order valence-electron chi connectivity index (χ1n) is 11.9. The van der Waals surface area contributed by atoms with Crippen molar-refractivity contribution >= 4 is 53.9 Å². The third-order valence-electron chi connectivity index (χ3n) is 4.74. The minimum absolute atomic E-state index is 0. The fourth-order valence-electron chi connectivity index (χ4n) is 2.89. The molecule has 45 heavy (non-hydrogen) atoms. The summed E-state index contributed by atoms with van der Waals surface area (Å²) in [4.78, 5) is 4.24. The number of nitrogens with zero attached hydrogens (tertiary/aromatic N) is 2. The molecule has 0 atom stereocenters. The molecule has 0 aliphatic heterocycles. The van der Waals surface area contributed by atoms with Crippen molar-refractivity contribution in [3.05, 3.63) is 47.5 Å². The van der Waals surface area contributed by atoms with Crippen molar-refractivity contribution in [3.8, 4) is 0 Å². The number of nitrogen functional groups attached to an aromatic ring is 2. The fourth-order valence-corrected chi connectivity index (χ4v) is 2.89. The van der Waals surface area contributed by atoms with Gasteiger partial charge >= 0.3 is 31.2 Å². The number of aliphatic hydroxyl groups excluding tert-OH is 2. The molecule has 0 amide bonds. The molecule has 20 nitrogen and oxygen atoms in total. The summed E-state index contributed by atoms with van der Waals surface area (Å²) in [5.74, 6) is 0. The van der Waals surface area contributed by atoms with Gasteiger partial charge in [0.15, 0.2) is 0 Å². The molecule has 0 saturated carbocycles. The summed E-state index contributed by atoms with van der Waals surface area (Å²) in [5.41, 5.74) is 17.5. The third-order valence-corrected chi connectivity index (χ3v) is 4.74. The Morgan fingerprint density at radius 3 is 0.956 bits per heavy atom. The second-order valence-electron chi connectivity index (χ2n) is 8.03. The lowest BCUT2D eigenvalue weighted by Crippen LogP contribution is -2.26. The second kappa shape index (κ2) is 25.3. The quantitative estimate of drug-likeness (QED) is 0.118. The summed E-state index contributed by atoms with van der Waals surface area (Å²) in [7, 11) is -14.0. The molecule has 0 aliphatic rings. The summed E-state index contributed by atoms with van der Waals surface area (Å²) in [5, 5.41) is 17.8. The molecule has 268 valence electrons. The molecule has 0 fully saturated rings. The zero-order valence-electron chi connectivity index (χ0n) is 25.0. The van der Waals surface area contributed by atoms with E-state index < -0.39 is 31.2 Å². The second-order valence-corrected chi connectivity index (χ2v) is 10.7. The van der Waals surface area contributed by atoms with Gasteiger partial charge < -0.3 is 42.4 Å². The zero-order valence-corrected chi connectivity index (χ0v) is 27.5. The lowest BCUT2D eigenvalue weighted by molar-refractivity contribution is 0.302. The topological polar surface area (TPSA) is 386 Å². The van der Waals surface area contributed by atoms with Gasteiger partial charge in [-0.3, -0.25) is 27.3 Å². The van der Waals surface area contributed by atoms with E-state index in [1.165, 1.54) is 0 Å². The number of nitrogens with two attached hydrogens (primary N) is 2. The Hall–Kier alpha value is -2.91. The van der Waals surface area contributed by atoms with Gasteiger partial charge in [-0.15, -0.1) is 0 Å². The van der Waals surface area contributed by atoms with Gasteiger partial charge in [0.25, 0.3) is 0 Å². The first-order chi connectivity index (χ1) is 19.4. The van der Waals surface area contributed by atoms with Crippen LogP contribution in [0.15, 0.2) is 36.4 Å². The van der Waals surface area contributed by atoms with Crippen LogP contribution in [-0.4, -0.2) is 113 Å². The molecule has 23 heteroatoms. The van der Waals surface area contributed by atoms with Crippen molar-refractivity contribution in [1.82, 2.24) is 0 Å². The predicted octanol–water partition coefficient (Wildman–Crippen LogP) is -0.816. The van der Waals surface area contributed by atoms with E-state index >= 15 is 0 Å². The van der Waals surface area contributed by atoms with Crippen molar-refractivity contribution in [2.75, 3.05) is 60.7 Å². The first-order valence-corrected chi connectivity index (χ1v) is 16.1. The first kappa shape index (κ1) is 51.7. The summed E-state index contributed by atoms with van der Waals surface area (Å²) in [6.45, 7) is 11.6. The largest absolute Gasteiger partial charge is 0.412 e. The number of rotatable bonds is 8. The van der Waals surface area contributed by atoms with Gasteiger partial charge in [0, 0.05) is 48.9 Å². The molecule has 0 spiro atoms. The smallest absolute Gasteiger partial charge is 0.394 e. The molecule has 0 saturated heterocycles. The Balaban J connectivity index is -0.000000160. The highest BCUT2D eigenvalue weighted by molar-refractivity contribution is 7.80. The van der Waals surface area contributed by atoms with Crippen LogP contribution in [-0.2, 0) is 31.2 Å². The molecule has 2 aromatic carbocycles. The van der Waals surface area contributed by atoms with Gasteiger partial charge in [-0.1, -0.05) is 0 Å². The van der Waals surface area contributed by atoms with Crippen molar-refractivity contribution in [2.24, 2.45) is 0 Å². The van der Waals surface area contributed by atoms with Crippen LogP contribution in [0.4, 0.5) is 22.7 Å². The number of likely N-dealkylation sites (N-methyl/N-ethyl adjacent to an activating group) is 2. The number of hydrogen-bond acceptors (Lipinski definition) is 12. The van der Waals surface area contributed by atoms with E-state index in [-0.39, 0.29) is 24.2 Å². The molecule has 0 heterocycles. The van der Waals surface area contributed by atoms with Gasteiger partial charge in [0.1, 0.15) is 0 Å². The van der Waals surface area contributed by atoms with E-state index in [0.29, 0.717) is 13.1 Å². The van der Waals surface area contributed by atoms with Crippen LogP contribution in [0.3, 0.4) is 0 Å². The van der Waals surface area contributed by atoms with Gasteiger partial charge in [0.2, 0.25) is 0 Å². The molecular formula is C22H46N4O16S3. The minimum Gasteiger partial charge on any atom is -0.412 e. The monoisotopic (exact) mass is 718 g/mol. The SMILES string of the molecule is CCN(CCO)c1ccc(N)c(C)c1.CCN(CCO)c1ccc(N)c(C)c1.O.O.O=S(=O)(O)O.O=S(=O)(O)O.O=S(=O)(O)O. The van der Waals surface area contributed by atoms with E-state index in [0.717, 1.165) is 47.0 Å². The fraction of sp³-hybridized carbons (Fsp3) is 0.455. The van der Waals surface area contributed by atoms with Gasteiger partial charge in [-0.2, -0.15) is 25.3 Å². The maximum absolute atomic E-state index is 8.89. The predicted molar refractivity (Wildman–Crippen MR) is 171 cm³/mol. The minimum atomic E-state index is -4.67. The molecule has 0 aromatic heterocycles. The van der Waals surface area contributed by atoms with E-state index in [9.17, 15) is 0 Å². The Bertz CT molecular complexity index is 1240. The summed E-state index contributed by atoms with van der Waals surface area (Å²) in [6.07, 6.45) is 0. The number of benzene rings is 2. The van der Waals surface area contributed by atoms with Crippen molar-refractivity contribution in [2.45, 2.75) is 27.7 Å². The van der Waals surface area contributed by atoms with Gasteiger partial charge in [-0.05, 0) is 75.2 Å². The molecule has 0 bridgehead atoms. The van der Waals surface area contributed by atoms with Crippen molar-refractivity contribution in [1.29, 1.82) is 0 Å². The Morgan fingerprint density at radius 1 is 0.578 bits per heavy atom. The molecule has 0 aliphatic carbocycles. The zero-order chi connectivity index (χ0) is 34.6. The Labute approximate surface area is 263 Å².